The van der Waals surface area contributed by atoms with Crippen molar-refractivity contribution < 1.29 is 4.79 Å². The molecule has 2 aromatic heterocycles. The molecule has 0 radical (unpaired) electrons. The Labute approximate surface area is 163 Å². The fourth-order valence-electron chi connectivity index (χ4n) is 5.40. The molecule has 5 rings (SSSR count). The molecular weight excluding hydrogens is 354 g/mol. The van der Waals surface area contributed by atoms with Crippen LogP contribution in [0.25, 0.3) is 0 Å². The summed E-state index contributed by atoms with van der Waals surface area (Å²) >= 11 is 0. The first-order chi connectivity index (χ1) is 13.2. The number of fused-ring (bicyclic) bond motifs is 4. The van der Waals surface area contributed by atoms with Crippen LogP contribution < -0.4 is 21.9 Å². The zero-order valence-corrected chi connectivity index (χ0v) is 16.5. The maximum atomic E-state index is 13.6. The molecule has 0 aromatic carbocycles. The van der Waals surface area contributed by atoms with Crippen LogP contribution >= 0.6 is 0 Å². The molecule has 1 atom stereocenters. The van der Waals surface area contributed by atoms with E-state index in [1.54, 1.807) is 16.8 Å². The Morgan fingerprint density at radius 1 is 1.25 bits per heavy atom. The Morgan fingerprint density at radius 2 is 2.04 bits per heavy atom. The van der Waals surface area contributed by atoms with Crippen LogP contribution in [-0.2, 0) is 12.1 Å². The molecule has 7 nitrogen and oxygen atoms in total. The highest BCUT2D eigenvalue weighted by Crippen LogP contribution is 2.47. The van der Waals surface area contributed by atoms with Crippen molar-refractivity contribution in [3.05, 3.63) is 45.0 Å². The number of nitrogens with two attached hydrogens (primary N) is 1. The lowest BCUT2D eigenvalue weighted by molar-refractivity contribution is 0.0637. The largest absolute Gasteiger partial charge is 0.384 e. The smallest absolute Gasteiger partial charge is 0.277 e. The topological polar surface area (TPSA) is 102 Å². The summed E-state index contributed by atoms with van der Waals surface area (Å²) in [6, 6.07) is 1.76. The molecule has 7 heteroatoms. The van der Waals surface area contributed by atoms with Gasteiger partial charge in [-0.15, -0.1) is 0 Å². The molecule has 1 spiro atoms. The standard InChI is InChI=1S/C21H25N5O2/c1-11-13-7-12-9-23-15(22)8-14(12)24-16(13)19(28)26-17(11)18(27)25-21(26)6-4-5-20(2,3)10-21/h8-9,24H,4-7,10H2,1-3H3,(H2,22,23)(H,25,27). The van der Waals surface area contributed by atoms with E-state index in [0.29, 0.717) is 23.6 Å². The van der Waals surface area contributed by atoms with Gasteiger partial charge in [0, 0.05) is 24.4 Å². The van der Waals surface area contributed by atoms with E-state index >= 15 is 0 Å². The summed E-state index contributed by atoms with van der Waals surface area (Å²) in [5.41, 5.74) is 9.72. The first-order valence-electron chi connectivity index (χ1n) is 9.84. The highest BCUT2D eigenvalue weighted by Gasteiger charge is 2.50. The summed E-state index contributed by atoms with van der Waals surface area (Å²) in [6.45, 7) is 6.35. The van der Waals surface area contributed by atoms with Crippen molar-refractivity contribution in [2.75, 3.05) is 11.1 Å². The molecule has 1 aliphatic carbocycles. The van der Waals surface area contributed by atoms with Crippen molar-refractivity contribution >= 4 is 23.1 Å². The Morgan fingerprint density at radius 3 is 2.79 bits per heavy atom. The Balaban J connectivity index is 1.73. The summed E-state index contributed by atoms with van der Waals surface area (Å²) in [6.07, 6.45) is 5.90. The number of nitrogens with zero attached hydrogens (tertiary/aromatic N) is 2. The molecule has 146 valence electrons. The van der Waals surface area contributed by atoms with Crippen LogP contribution in [0.3, 0.4) is 0 Å². The van der Waals surface area contributed by atoms with Crippen molar-refractivity contribution in [1.29, 1.82) is 0 Å². The van der Waals surface area contributed by atoms with Gasteiger partial charge in [0.15, 0.2) is 0 Å². The van der Waals surface area contributed by atoms with E-state index in [9.17, 15) is 9.59 Å². The molecule has 0 bridgehead atoms. The molecule has 2 aliphatic heterocycles. The third-order valence-electron chi connectivity index (χ3n) is 6.59. The number of rotatable bonds is 0. The van der Waals surface area contributed by atoms with Crippen molar-refractivity contribution in [1.82, 2.24) is 14.9 Å². The van der Waals surface area contributed by atoms with Crippen molar-refractivity contribution in [3.63, 3.8) is 0 Å². The van der Waals surface area contributed by atoms with E-state index in [1.165, 1.54) is 0 Å². The van der Waals surface area contributed by atoms with Gasteiger partial charge in [0.1, 0.15) is 22.9 Å². The van der Waals surface area contributed by atoms with Crippen LogP contribution in [0.15, 0.2) is 17.1 Å². The van der Waals surface area contributed by atoms with Gasteiger partial charge in [-0.3, -0.25) is 14.2 Å². The first-order valence-corrected chi connectivity index (χ1v) is 9.84. The Kier molecular flexibility index (Phi) is 3.31. The molecule has 28 heavy (non-hydrogen) atoms. The monoisotopic (exact) mass is 379 g/mol. The lowest BCUT2D eigenvalue weighted by Crippen LogP contribution is -2.52. The lowest BCUT2D eigenvalue weighted by atomic mass is 9.72. The molecule has 4 N–H and O–H groups in total. The third-order valence-corrected chi connectivity index (χ3v) is 6.59. The minimum atomic E-state index is -0.635. The second-order valence-electron chi connectivity index (χ2n) is 9.22. The average molecular weight is 379 g/mol. The number of carbonyl (C=O) groups excluding carboxylic acids is 1. The van der Waals surface area contributed by atoms with Crippen LogP contribution in [0.4, 0.5) is 17.2 Å². The fourth-order valence-corrected chi connectivity index (χ4v) is 5.40. The van der Waals surface area contributed by atoms with Gasteiger partial charge in [0.25, 0.3) is 11.5 Å². The lowest BCUT2D eigenvalue weighted by Gasteiger charge is -2.43. The number of nitrogens with one attached hydrogen (secondary N) is 2. The predicted molar refractivity (Wildman–Crippen MR) is 108 cm³/mol. The van der Waals surface area contributed by atoms with Crippen molar-refractivity contribution in [3.8, 4) is 0 Å². The normalized spacial score (nSPS) is 24.2. The number of hydrogen-bond acceptors (Lipinski definition) is 5. The van der Waals surface area contributed by atoms with Gasteiger partial charge < -0.3 is 16.4 Å². The quantitative estimate of drug-likeness (QED) is 0.557. The molecule has 2 aromatic rings. The zero-order valence-electron chi connectivity index (χ0n) is 16.5. The van der Waals surface area contributed by atoms with E-state index in [4.69, 9.17) is 5.73 Å². The summed E-state index contributed by atoms with van der Waals surface area (Å²) < 4.78 is 1.74. The van der Waals surface area contributed by atoms with Crippen molar-refractivity contribution in [2.45, 2.75) is 58.5 Å². The second-order valence-corrected chi connectivity index (χ2v) is 9.22. The summed E-state index contributed by atoms with van der Waals surface area (Å²) in [4.78, 5) is 30.8. The van der Waals surface area contributed by atoms with Crippen LogP contribution in [-0.4, -0.2) is 15.5 Å². The van der Waals surface area contributed by atoms with Gasteiger partial charge in [-0.25, -0.2) is 4.98 Å². The number of carbonyl (C=O) groups is 1. The predicted octanol–water partition coefficient (Wildman–Crippen LogP) is 2.78. The first kappa shape index (κ1) is 17.3. The van der Waals surface area contributed by atoms with E-state index in [2.05, 4.69) is 29.5 Å². The summed E-state index contributed by atoms with van der Waals surface area (Å²) in [5, 5.41) is 6.47. The maximum absolute atomic E-state index is 13.6. The van der Waals surface area contributed by atoms with Gasteiger partial charge in [-0.05, 0) is 54.7 Å². The minimum absolute atomic E-state index is 0.0660. The van der Waals surface area contributed by atoms with Crippen LogP contribution in [0.2, 0.25) is 0 Å². The number of aromatic nitrogens is 2. The van der Waals surface area contributed by atoms with Gasteiger partial charge in [0.2, 0.25) is 0 Å². The molecule has 4 heterocycles. The zero-order chi connectivity index (χ0) is 19.8. The van der Waals surface area contributed by atoms with E-state index in [1.807, 2.05) is 6.92 Å². The van der Waals surface area contributed by atoms with Crippen LogP contribution in [0.5, 0.6) is 0 Å². The molecule has 1 saturated carbocycles. The van der Waals surface area contributed by atoms with Crippen LogP contribution in [0, 0.1) is 12.3 Å². The molecular formula is C21H25N5O2. The van der Waals surface area contributed by atoms with Gasteiger partial charge in [-0.2, -0.15) is 0 Å². The van der Waals surface area contributed by atoms with Gasteiger partial charge in [-0.1, -0.05) is 13.8 Å². The van der Waals surface area contributed by atoms with Gasteiger partial charge >= 0.3 is 0 Å². The molecule has 1 unspecified atom stereocenters. The average Bonchev–Trinajstić information content (AvgIpc) is 2.88. The van der Waals surface area contributed by atoms with E-state index in [0.717, 1.165) is 48.1 Å². The second kappa shape index (κ2) is 5.37. The van der Waals surface area contributed by atoms with Crippen LogP contribution in [0.1, 0.15) is 66.7 Å². The summed E-state index contributed by atoms with van der Waals surface area (Å²) in [5.74, 6) is 0.270. The SMILES string of the molecule is Cc1c2c(c(=O)n3c1C(=O)NC31CCCC(C)(C)C1)Nc1cc(N)ncc1C2. The molecule has 0 saturated heterocycles. The van der Waals surface area contributed by atoms with Gasteiger partial charge in [0.05, 0.1) is 0 Å². The highest BCUT2D eigenvalue weighted by molar-refractivity contribution is 5.98. The number of pyridine rings is 2. The Hall–Kier alpha value is -2.83. The number of anilines is 3. The molecule has 1 amide bonds. The molecule has 1 fully saturated rings. The number of amides is 1. The minimum Gasteiger partial charge on any atom is -0.384 e. The Bertz CT molecular complexity index is 1100. The van der Waals surface area contributed by atoms with Crippen molar-refractivity contribution in [2.24, 2.45) is 5.41 Å². The fraction of sp³-hybridized carbons (Fsp3) is 0.476. The van der Waals surface area contributed by atoms with E-state index in [-0.39, 0.29) is 16.9 Å². The van der Waals surface area contributed by atoms with E-state index < -0.39 is 5.66 Å². The highest BCUT2D eigenvalue weighted by atomic mass is 16.2. The third kappa shape index (κ3) is 2.25. The number of nitrogen functional groups attached to an aromatic ring is 1. The summed E-state index contributed by atoms with van der Waals surface area (Å²) in [7, 11) is 0. The maximum Gasteiger partial charge on any atom is 0.277 e. The number of hydrogen-bond donors (Lipinski definition) is 3. The molecule has 3 aliphatic rings.